The standard InChI is InChI=1S/C24H26N2O6/c1-24(31,22(28)29)13-25-21(27)14-10-15(11-14)26-23(30)32-12-20-18-8-4-2-6-16(18)17-7-3-5-9-19(17)20/h2-9,14-15,20,31H,10-13H2,1H3,(H,25,27)(H,26,30)(H,28,29). The zero-order valence-corrected chi connectivity index (χ0v) is 17.7. The fraction of sp³-hybridized carbons (Fsp3) is 0.375. The van der Waals surface area contributed by atoms with E-state index in [1.54, 1.807) is 0 Å². The molecule has 168 valence electrons. The van der Waals surface area contributed by atoms with Crippen molar-refractivity contribution in [1.29, 1.82) is 0 Å². The number of hydrogen-bond donors (Lipinski definition) is 4. The second-order valence-corrected chi connectivity index (χ2v) is 8.63. The highest BCUT2D eigenvalue weighted by Crippen LogP contribution is 2.44. The maximum Gasteiger partial charge on any atom is 0.407 e. The van der Waals surface area contributed by atoms with Crippen molar-refractivity contribution in [3.8, 4) is 11.1 Å². The topological polar surface area (TPSA) is 125 Å². The molecule has 1 atom stereocenters. The van der Waals surface area contributed by atoms with Crippen LogP contribution in [-0.4, -0.2) is 53.0 Å². The van der Waals surface area contributed by atoms with Crippen LogP contribution in [0.25, 0.3) is 11.1 Å². The van der Waals surface area contributed by atoms with Gasteiger partial charge < -0.3 is 25.6 Å². The molecule has 1 unspecified atom stereocenters. The Morgan fingerprint density at radius 3 is 2.16 bits per heavy atom. The molecular weight excluding hydrogens is 412 g/mol. The molecule has 32 heavy (non-hydrogen) atoms. The van der Waals surface area contributed by atoms with E-state index in [9.17, 15) is 19.5 Å². The molecule has 1 fully saturated rings. The molecule has 0 bridgehead atoms. The summed E-state index contributed by atoms with van der Waals surface area (Å²) in [7, 11) is 0. The third-order valence-electron chi connectivity index (χ3n) is 6.24. The fourth-order valence-electron chi connectivity index (χ4n) is 4.24. The molecule has 1 saturated carbocycles. The monoisotopic (exact) mass is 438 g/mol. The van der Waals surface area contributed by atoms with E-state index in [2.05, 4.69) is 34.9 Å². The number of aliphatic carboxylic acids is 1. The van der Waals surface area contributed by atoms with Gasteiger partial charge in [-0.3, -0.25) is 4.79 Å². The van der Waals surface area contributed by atoms with Gasteiger partial charge in [-0.1, -0.05) is 48.5 Å². The van der Waals surface area contributed by atoms with Crippen LogP contribution in [0.5, 0.6) is 0 Å². The first kappa shape index (κ1) is 21.8. The Balaban J connectivity index is 1.24. The molecule has 0 saturated heterocycles. The van der Waals surface area contributed by atoms with Crippen LogP contribution in [0.3, 0.4) is 0 Å². The number of carboxylic acids is 1. The van der Waals surface area contributed by atoms with Crippen LogP contribution in [-0.2, 0) is 14.3 Å². The highest BCUT2D eigenvalue weighted by Gasteiger charge is 2.38. The van der Waals surface area contributed by atoms with Crippen LogP contribution in [0.1, 0.15) is 36.8 Å². The molecule has 0 spiro atoms. The number of rotatable bonds is 7. The first-order valence-electron chi connectivity index (χ1n) is 10.6. The molecule has 2 aromatic carbocycles. The molecule has 0 heterocycles. The molecule has 2 aliphatic rings. The summed E-state index contributed by atoms with van der Waals surface area (Å²) in [5.74, 6) is -2.09. The van der Waals surface area contributed by atoms with Gasteiger partial charge in [0, 0.05) is 17.9 Å². The van der Waals surface area contributed by atoms with Gasteiger partial charge in [-0.05, 0) is 42.0 Å². The molecule has 0 radical (unpaired) electrons. The number of hydrogen-bond acceptors (Lipinski definition) is 5. The predicted molar refractivity (Wildman–Crippen MR) is 116 cm³/mol. The first-order valence-corrected chi connectivity index (χ1v) is 10.6. The largest absolute Gasteiger partial charge is 0.479 e. The fourth-order valence-corrected chi connectivity index (χ4v) is 4.24. The smallest absolute Gasteiger partial charge is 0.407 e. The van der Waals surface area contributed by atoms with Crippen LogP contribution < -0.4 is 10.6 Å². The van der Waals surface area contributed by atoms with E-state index in [-0.39, 0.29) is 36.9 Å². The predicted octanol–water partition coefficient (Wildman–Crippen LogP) is 2.26. The maximum absolute atomic E-state index is 12.3. The number of aliphatic hydroxyl groups is 1. The van der Waals surface area contributed by atoms with Crippen LogP contribution in [0.4, 0.5) is 4.79 Å². The van der Waals surface area contributed by atoms with E-state index in [1.165, 1.54) is 0 Å². The Morgan fingerprint density at radius 2 is 1.59 bits per heavy atom. The molecule has 8 nitrogen and oxygen atoms in total. The molecule has 0 aromatic heterocycles. The Labute approximate surface area is 185 Å². The number of amides is 2. The highest BCUT2D eigenvalue weighted by atomic mass is 16.5. The van der Waals surface area contributed by atoms with Crippen LogP contribution >= 0.6 is 0 Å². The summed E-state index contributed by atoms with van der Waals surface area (Å²) >= 11 is 0. The second kappa shape index (κ2) is 8.63. The summed E-state index contributed by atoms with van der Waals surface area (Å²) in [4.78, 5) is 35.3. The van der Waals surface area contributed by atoms with E-state index < -0.39 is 17.7 Å². The van der Waals surface area contributed by atoms with Gasteiger partial charge in [-0.2, -0.15) is 0 Å². The van der Waals surface area contributed by atoms with Crippen LogP contribution in [0, 0.1) is 5.92 Å². The Bertz CT molecular complexity index is 999. The van der Waals surface area contributed by atoms with Crippen molar-refractivity contribution in [2.75, 3.05) is 13.2 Å². The Kier molecular flexibility index (Phi) is 5.88. The third kappa shape index (κ3) is 4.31. The summed E-state index contributed by atoms with van der Waals surface area (Å²) in [5.41, 5.74) is 2.58. The van der Waals surface area contributed by atoms with Gasteiger partial charge in [0.05, 0.1) is 6.54 Å². The maximum atomic E-state index is 12.3. The third-order valence-corrected chi connectivity index (χ3v) is 6.24. The minimum absolute atomic E-state index is 0.0184. The summed E-state index contributed by atoms with van der Waals surface area (Å²) in [6.07, 6.45) is 0.348. The first-order chi connectivity index (χ1) is 15.3. The Hall–Kier alpha value is -3.39. The zero-order valence-electron chi connectivity index (χ0n) is 17.7. The number of nitrogens with one attached hydrogen (secondary N) is 2. The summed E-state index contributed by atoms with van der Waals surface area (Å²) in [6.45, 7) is 0.973. The average Bonchev–Trinajstić information content (AvgIpc) is 3.06. The van der Waals surface area contributed by atoms with Crippen LogP contribution in [0.2, 0.25) is 0 Å². The molecule has 0 aliphatic heterocycles. The average molecular weight is 438 g/mol. The Morgan fingerprint density at radius 1 is 1.03 bits per heavy atom. The molecule has 4 rings (SSSR count). The molecular formula is C24H26N2O6. The lowest BCUT2D eigenvalue weighted by molar-refractivity contribution is -0.156. The number of alkyl carbamates (subject to hydrolysis) is 1. The minimum Gasteiger partial charge on any atom is -0.479 e. The van der Waals surface area contributed by atoms with Crippen molar-refractivity contribution in [3.05, 3.63) is 59.7 Å². The van der Waals surface area contributed by atoms with Crippen molar-refractivity contribution in [2.45, 2.75) is 37.3 Å². The number of benzene rings is 2. The minimum atomic E-state index is -2.02. The van der Waals surface area contributed by atoms with Gasteiger partial charge in [-0.15, -0.1) is 0 Å². The van der Waals surface area contributed by atoms with Crippen molar-refractivity contribution in [1.82, 2.24) is 10.6 Å². The molecule has 8 heteroatoms. The van der Waals surface area contributed by atoms with Gasteiger partial charge in [0.25, 0.3) is 0 Å². The van der Waals surface area contributed by atoms with Gasteiger partial charge in [0.1, 0.15) is 6.61 Å². The highest BCUT2D eigenvalue weighted by molar-refractivity contribution is 5.82. The van der Waals surface area contributed by atoms with E-state index in [0.29, 0.717) is 12.8 Å². The molecule has 2 aromatic rings. The van der Waals surface area contributed by atoms with Gasteiger partial charge in [0.2, 0.25) is 5.91 Å². The SMILES string of the molecule is CC(O)(CNC(=O)C1CC(NC(=O)OCC2c3ccccc3-c3ccccc32)C1)C(=O)O. The zero-order chi connectivity index (χ0) is 22.9. The summed E-state index contributed by atoms with van der Waals surface area (Å²) in [6, 6.07) is 16.0. The van der Waals surface area contributed by atoms with E-state index in [4.69, 9.17) is 9.84 Å². The number of carbonyl (C=O) groups excluding carboxylic acids is 2. The number of carboxylic acid groups (broad SMARTS) is 1. The summed E-state index contributed by atoms with van der Waals surface area (Å²) in [5, 5.41) is 23.8. The normalized spacial score (nSPS) is 20.8. The van der Waals surface area contributed by atoms with E-state index in [1.807, 2.05) is 24.3 Å². The molecule has 2 amide bonds. The van der Waals surface area contributed by atoms with Crippen LogP contribution in [0.15, 0.2) is 48.5 Å². The van der Waals surface area contributed by atoms with Gasteiger partial charge in [0.15, 0.2) is 5.60 Å². The van der Waals surface area contributed by atoms with Crippen molar-refractivity contribution in [3.63, 3.8) is 0 Å². The van der Waals surface area contributed by atoms with E-state index in [0.717, 1.165) is 29.2 Å². The van der Waals surface area contributed by atoms with Crippen molar-refractivity contribution >= 4 is 18.0 Å². The van der Waals surface area contributed by atoms with Crippen molar-refractivity contribution in [2.24, 2.45) is 5.92 Å². The van der Waals surface area contributed by atoms with Gasteiger partial charge >= 0.3 is 12.1 Å². The summed E-state index contributed by atoms with van der Waals surface area (Å²) < 4.78 is 5.51. The molecule has 2 aliphatic carbocycles. The number of carbonyl (C=O) groups is 3. The molecule has 4 N–H and O–H groups in total. The second-order valence-electron chi connectivity index (χ2n) is 8.63. The lowest BCUT2D eigenvalue weighted by Crippen LogP contribution is -2.53. The lowest BCUT2D eigenvalue weighted by Gasteiger charge is -2.34. The number of ether oxygens (including phenoxy) is 1. The van der Waals surface area contributed by atoms with E-state index >= 15 is 0 Å². The lowest BCUT2D eigenvalue weighted by atomic mass is 9.79. The van der Waals surface area contributed by atoms with Gasteiger partial charge in [-0.25, -0.2) is 9.59 Å². The quantitative estimate of drug-likeness (QED) is 0.526. The van der Waals surface area contributed by atoms with Crippen molar-refractivity contribution < 1.29 is 29.3 Å². The number of fused-ring (bicyclic) bond motifs is 3.